The van der Waals surface area contributed by atoms with Crippen molar-refractivity contribution < 1.29 is 15.3 Å². The largest absolute Gasteiger partial charge is 0.504 e. The van der Waals surface area contributed by atoms with Crippen molar-refractivity contribution in [3.8, 4) is 17.2 Å². The van der Waals surface area contributed by atoms with Crippen molar-refractivity contribution in [2.24, 2.45) is 5.41 Å². The summed E-state index contributed by atoms with van der Waals surface area (Å²) in [6, 6.07) is 3.00. The summed E-state index contributed by atoms with van der Waals surface area (Å²) < 4.78 is 0. The highest BCUT2D eigenvalue weighted by atomic mass is 16.3. The first-order chi connectivity index (χ1) is 9.37. The zero-order valence-electron chi connectivity index (χ0n) is 12.7. The fourth-order valence-corrected chi connectivity index (χ4v) is 2.23. The number of nitrogens with one attached hydrogen (secondary N) is 1. The summed E-state index contributed by atoms with van der Waals surface area (Å²) in [5.41, 5.74) is 0.800. The van der Waals surface area contributed by atoms with Crippen LogP contribution in [0.1, 0.15) is 52.0 Å². The predicted octanol–water partition coefficient (Wildman–Crippen LogP) is 3.50. The van der Waals surface area contributed by atoms with E-state index in [2.05, 4.69) is 26.1 Å². The fraction of sp³-hybridized carbons (Fsp3) is 0.625. The van der Waals surface area contributed by atoms with Crippen molar-refractivity contribution in [1.82, 2.24) is 5.32 Å². The van der Waals surface area contributed by atoms with Crippen LogP contribution in [0.4, 0.5) is 0 Å². The Bertz CT molecular complexity index is 430. The van der Waals surface area contributed by atoms with E-state index in [0.717, 1.165) is 6.54 Å². The molecule has 1 rings (SSSR count). The van der Waals surface area contributed by atoms with Gasteiger partial charge >= 0.3 is 0 Å². The van der Waals surface area contributed by atoms with Gasteiger partial charge in [-0.05, 0) is 17.9 Å². The van der Waals surface area contributed by atoms with Crippen molar-refractivity contribution >= 4 is 0 Å². The number of phenols is 3. The number of phenolic OH excluding ortho intramolecular Hbond substituents is 3. The molecule has 0 radical (unpaired) electrons. The van der Waals surface area contributed by atoms with Gasteiger partial charge in [-0.25, -0.2) is 0 Å². The van der Waals surface area contributed by atoms with E-state index in [1.54, 1.807) is 6.07 Å². The lowest BCUT2D eigenvalue weighted by molar-refractivity contribution is 0.300. The first kappa shape index (κ1) is 16.6. The Morgan fingerprint density at radius 1 is 1.05 bits per heavy atom. The molecule has 1 aromatic carbocycles. The van der Waals surface area contributed by atoms with Crippen molar-refractivity contribution in [3.05, 3.63) is 17.7 Å². The minimum absolute atomic E-state index is 0.212. The van der Waals surface area contributed by atoms with Gasteiger partial charge in [-0.2, -0.15) is 0 Å². The van der Waals surface area contributed by atoms with Crippen LogP contribution in [-0.2, 0) is 6.54 Å². The van der Waals surface area contributed by atoms with Crippen LogP contribution in [0, 0.1) is 5.41 Å². The quantitative estimate of drug-likeness (QED) is 0.435. The third-order valence-corrected chi connectivity index (χ3v) is 3.59. The standard InChI is InChI=1S/C16H27NO3/c1-4-5-6-9-16(2,3)11-17-10-12-7-8-13(18)15(20)14(12)19/h7-8,17-20H,4-6,9-11H2,1-3H3. The summed E-state index contributed by atoms with van der Waals surface area (Å²) in [5.74, 6) is -1.00. The SMILES string of the molecule is CCCCCC(C)(C)CNCc1ccc(O)c(O)c1O. The molecule has 0 atom stereocenters. The van der Waals surface area contributed by atoms with Gasteiger partial charge in [0.25, 0.3) is 0 Å². The zero-order valence-corrected chi connectivity index (χ0v) is 12.7. The minimum atomic E-state index is -0.452. The highest BCUT2D eigenvalue weighted by Crippen LogP contribution is 2.37. The molecule has 0 heterocycles. The second kappa shape index (κ2) is 7.39. The first-order valence-corrected chi connectivity index (χ1v) is 7.31. The highest BCUT2D eigenvalue weighted by molar-refractivity contribution is 5.52. The van der Waals surface area contributed by atoms with Gasteiger partial charge in [0, 0.05) is 18.7 Å². The highest BCUT2D eigenvalue weighted by Gasteiger charge is 2.17. The molecular weight excluding hydrogens is 254 g/mol. The lowest BCUT2D eigenvalue weighted by Crippen LogP contribution is -2.29. The molecule has 4 heteroatoms. The smallest absolute Gasteiger partial charge is 0.200 e. The van der Waals surface area contributed by atoms with Gasteiger partial charge in [0.2, 0.25) is 5.75 Å². The van der Waals surface area contributed by atoms with Crippen LogP contribution < -0.4 is 5.32 Å². The van der Waals surface area contributed by atoms with Crippen LogP contribution >= 0.6 is 0 Å². The average molecular weight is 281 g/mol. The molecule has 0 bridgehead atoms. The third-order valence-electron chi connectivity index (χ3n) is 3.59. The molecule has 0 saturated heterocycles. The molecule has 0 saturated carbocycles. The number of aromatic hydroxyl groups is 3. The summed E-state index contributed by atoms with van der Waals surface area (Å²) >= 11 is 0. The van der Waals surface area contributed by atoms with Crippen molar-refractivity contribution in [2.45, 2.75) is 53.0 Å². The molecule has 0 aliphatic heterocycles. The Morgan fingerprint density at radius 3 is 2.40 bits per heavy atom. The lowest BCUT2D eigenvalue weighted by Gasteiger charge is -2.25. The molecule has 4 nitrogen and oxygen atoms in total. The van der Waals surface area contributed by atoms with Gasteiger partial charge in [-0.15, -0.1) is 0 Å². The summed E-state index contributed by atoms with van der Waals surface area (Å²) in [4.78, 5) is 0. The number of benzene rings is 1. The van der Waals surface area contributed by atoms with Crippen molar-refractivity contribution in [2.75, 3.05) is 6.54 Å². The maximum atomic E-state index is 9.73. The van der Waals surface area contributed by atoms with Crippen molar-refractivity contribution in [1.29, 1.82) is 0 Å². The van der Waals surface area contributed by atoms with Crippen LogP contribution in [0.2, 0.25) is 0 Å². The summed E-state index contributed by atoms with van der Waals surface area (Å²) in [6.45, 7) is 7.97. The monoisotopic (exact) mass is 281 g/mol. The summed E-state index contributed by atoms with van der Waals surface area (Å²) in [6.07, 6.45) is 4.89. The maximum Gasteiger partial charge on any atom is 0.200 e. The molecule has 0 amide bonds. The van der Waals surface area contributed by atoms with E-state index < -0.39 is 5.75 Å². The van der Waals surface area contributed by atoms with E-state index in [0.29, 0.717) is 12.1 Å². The molecule has 0 unspecified atom stereocenters. The second-order valence-corrected chi connectivity index (χ2v) is 6.17. The molecule has 20 heavy (non-hydrogen) atoms. The maximum absolute atomic E-state index is 9.73. The average Bonchev–Trinajstić information content (AvgIpc) is 2.39. The van der Waals surface area contributed by atoms with E-state index >= 15 is 0 Å². The Morgan fingerprint density at radius 2 is 1.75 bits per heavy atom. The second-order valence-electron chi connectivity index (χ2n) is 6.17. The van der Waals surface area contributed by atoms with Crippen LogP contribution in [0.15, 0.2) is 12.1 Å². The Balaban J connectivity index is 2.46. The van der Waals surface area contributed by atoms with Gasteiger partial charge in [-0.3, -0.25) is 0 Å². The number of hydrogen-bond acceptors (Lipinski definition) is 4. The van der Waals surface area contributed by atoms with Gasteiger partial charge in [0.05, 0.1) is 0 Å². The topological polar surface area (TPSA) is 72.7 Å². The van der Waals surface area contributed by atoms with E-state index in [1.165, 1.54) is 31.7 Å². The minimum Gasteiger partial charge on any atom is -0.504 e. The molecule has 4 N–H and O–H groups in total. The van der Waals surface area contributed by atoms with E-state index in [1.807, 2.05) is 0 Å². The van der Waals surface area contributed by atoms with Crippen molar-refractivity contribution in [3.63, 3.8) is 0 Å². The fourth-order valence-electron chi connectivity index (χ4n) is 2.23. The number of unbranched alkanes of at least 4 members (excludes halogenated alkanes) is 2. The third kappa shape index (κ3) is 4.93. The molecule has 0 aromatic heterocycles. The van der Waals surface area contributed by atoms with Crippen LogP contribution in [0.25, 0.3) is 0 Å². The van der Waals surface area contributed by atoms with Crippen LogP contribution in [0.3, 0.4) is 0 Å². The molecule has 0 spiro atoms. The lowest BCUT2D eigenvalue weighted by atomic mass is 9.87. The molecule has 0 fully saturated rings. The van der Waals surface area contributed by atoms with E-state index in [9.17, 15) is 15.3 Å². The zero-order chi connectivity index (χ0) is 15.2. The predicted molar refractivity (Wildman–Crippen MR) is 81.1 cm³/mol. The van der Waals surface area contributed by atoms with Gasteiger partial charge < -0.3 is 20.6 Å². The normalized spacial score (nSPS) is 11.8. The van der Waals surface area contributed by atoms with E-state index in [-0.39, 0.29) is 16.9 Å². The Hall–Kier alpha value is -1.42. The van der Waals surface area contributed by atoms with Gasteiger partial charge in [0.15, 0.2) is 11.5 Å². The van der Waals surface area contributed by atoms with Crippen LogP contribution in [-0.4, -0.2) is 21.9 Å². The number of hydrogen-bond donors (Lipinski definition) is 4. The Labute approximate surface area is 121 Å². The van der Waals surface area contributed by atoms with Gasteiger partial charge in [-0.1, -0.05) is 46.1 Å². The number of rotatable bonds is 8. The van der Waals surface area contributed by atoms with Crippen LogP contribution in [0.5, 0.6) is 17.2 Å². The summed E-state index contributed by atoms with van der Waals surface area (Å²) in [7, 11) is 0. The molecule has 0 aliphatic rings. The Kier molecular flexibility index (Phi) is 6.14. The van der Waals surface area contributed by atoms with Gasteiger partial charge in [0.1, 0.15) is 0 Å². The molecular formula is C16H27NO3. The first-order valence-electron chi connectivity index (χ1n) is 7.31. The van der Waals surface area contributed by atoms with E-state index in [4.69, 9.17) is 0 Å². The molecule has 114 valence electrons. The molecule has 1 aromatic rings. The summed E-state index contributed by atoms with van der Waals surface area (Å²) in [5, 5.41) is 31.8. The molecule has 0 aliphatic carbocycles.